The van der Waals surface area contributed by atoms with Crippen LogP contribution < -0.4 is 15.8 Å². The average Bonchev–Trinajstić information content (AvgIpc) is 2.69. The first-order valence-electron chi connectivity index (χ1n) is 9.60. The van der Waals surface area contributed by atoms with Crippen LogP contribution in [0.4, 0.5) is 15.9 Å². The zero-order valence-electron chi connectivity index (χ0n) is 17.1. The third-order valence-electron chi connectivity index (χ3n) is 4.25. The normalized spacial score (nSPS) is 11.0. The number of hydrogen-bond donors (Lipinski definition) is 2. The van der Waals surface area contributed by atoms with Crippen molar-refractivity contribution in [3.05, 3.63) is 59.1 Å². The zero-order chi connectivity index (χ0) is 21.2. The molecule has 0 atom stereocenters. The highest BCUT2D eigenvalue weighted by Crippen LogP contribution is 2.26. The smallest absolute Gasteiger partial charge is 0.259 e. The number of aryl methyl sites for hydroxylation is 1. The number of allylic oxidation sites excluding steroid dienone is 1. The van der Waals surface area contributed by atoms with E-state index in [2.05, 4.69) is 23.3 Å². The molecule has 0 unspecified atom stereocenters. The van der Waals surface area contributed by atoms with Crippen LogP contribution in [0, 0.1) is 12.7 Å². The molecule has 0 saturated heterocycles. The predicted molar refractivity (Wildman–Crippen MR) is 113 cm³/mol. The number of amides is 1. The maximum Gasteiger partial charge on any atom is 0.259 e. The van der Waals surface area contributed by atoms with Crippen LogP contribution in [0.3, 0.4) is 0 Å². The Kier molecular flexibility index (Phi) is 8.61. The molecule has 0 spiro atoms. The van der Waals surface area contributed by atoms with Crippen LogP contribution in [-0.2, 0) is 11.3 Å². The minimum Gasteiger partial charge on any atom is -0.490 e. The second-order valence-electron chi connectivity index (χ2n) is 6.59. The van der Waals surface area contributed by atoms with Crippen molar-refractivity contribution in [1.29, 1.82) is 0 Å². The molecule has 1 amide bonds. The summed E-state index contributed by atoms with van der Waals surface area (Å²) < 4.78 is 25.3. The molecular formula is C22H28FN3O3. The molecule has 6 nitrogen and oxygen atoms in total. The van der Waals surface area contributed by atoms with E-state index in [1.807, 2.05) is 13.0 Å². The van der Waals surface area contributed by atoms with Gasteiger partial charge in [0.15, 0.2) is 11.6 Å². The largest absolute Gasteiger partial charge is 0.490 e. The number of nitrogens with two attached hydrogens (primary N) is 1. The van der Waals surface area contributed by atoms with Crippen LogP contribution in [0.5, 0.6) is 5.75 Å². The molecule has 1 aromatic carbocycles. The number of hydrogen-bond acceptors (Lipinski definition) is 5. The number of nitrogen functional groups attached to an aromatic ring is 1. The number of carbonyl (C=O) groups excluding carboxylic acids is 1. The van der Waals surface area contributed by atoms with Gasteiger partial charge in [-0.2, -0.15) is 0 Å². The van der Waals surface area contributed by atoms with Crippen molar-refractivity contribution >= 4 is 17.4 Å². The first-order chi connectivity index (χ1) is 14.0. The summed E-state index contributed by atoms with van der Waals surface area (Å²) in [7, 11) is 1.55. The number of unbranched alkanes of at least 4 members (excludes halogenated alkanes) is 1. The fraction of sp³-hybridized carbons (Fsp3) is 0.364. The van der Waals surface area contributed by atoms with E-state index in [4.69, 9.17) is 15.2 Å². The summed E-state index contributed by atoms with van der Waals surface area (Å²) in [6, 6.07) is 6.24. The van der Waals surface area contributed by atoms with Crippen LogP contribution >= 0.6 is 0 Å². The summed E-state index contributed by atoms with van der Waals surface area (Å²) in [5.74, 6) is -1.02. The Balaban J connectivity index is 2.08. The van der Waals surface area contributed by atoms with Crippen molar-refractivity contribution in [3.63, 3.8) is 0 Å². The van der Waals surface area contributed by atoms with Gasteiger partial charge in [0, 0.05) is 7.11 Å². The second kappa shape index (κ2) is 11.2. The first kappa shape index (κ1) is 22.4. The minimum absolute atomic E-state index is 0.0204. The standard InChI is InChI=1S/C22H28FN3O3/c1-4-5-6-7-8-12-29-19-11-9-10-17(20(19)23)26-22(27)16-13-15(2)18(14-28-3)25-21(16)24/h6-7,9-11,13H,4-5,8,12,14H2,1-3H3,(H2,24,25)(H,26,27). The molecule has 156 valence electrons. The third kappa shape index (κ3) is 6.29. The lowest BCUT2D eigenvalue weighted by Gasteiger charge is -2.13. The van der Waals surface area contributed by atoms with Gasteiger partial charge in [-0.15, -0.1) is 0 Å². The van der Waals surface area contributed by atoms with Crippen LogP contribution in [0.1, 0.15) is 47.8 Å². The molecule has 0 fully saturated rings. The number of halogens is 1. The van der Waals surface area contributed by atoms with Crippen LogP contribution in [0.2, 0.25) is 0 Å². The Labute approximate surface area is 170 Å². The average molecular weight is 401 g/mol. The topological polar surface area (TPSA) is 86.5 Å². The van der Waals surface area contributed by atoms with Gasteiger partial charge < -0.3 is 20.5 Å². The summed E-state index contributed by atoms with van der Waals surface area (Å²) in [6.07, 6.45) is 6.88. The Hall–Kier alpha value is -2.93. The fourth-order valence-electron chi connectivity index (χ4n) is 2.68. The highest BCUT2D eigenvalue weighted by atomic mass is 19.1. The van der Waals surface area contributed by atoms with E-state index < -0.39 is 11.7 Å². The van der Waals surface area contributed by atoms with Gasteiger partial charge in [-0.3, -0.25) is 4.79 Å². The van der Waals surface area contributed by atoms with Gasteiger partial charge in [-0.05, 0) is 43.5 Å². The van der Waals surface area contributed by atoms with Gasteiger partial charge in [0.25, 0.3) is 5.91 Å². The number of ether oxygens (including phenoxy) is 2. The van der Waals surface area contributed by atoms with E-state index in [-0.39, 0.29) is 22.8 Å². The van der Waals surface area contributed by atoms with Gasteiger partial charge in [0.2, 0.25) is 0 Å². The Morgan fingerprint density at radius 1 is 1.31 bits per heavy atom. The maximum atomic E-state index is 14.7. The van der Waals surface area contributed by atoms with Gasteiger partial charge in [-0.25, -0.2) is 9.37 Å². The lowest BCUT2D eigenvalue weighted by atomic mass is 10.1. The van der Waals surface area contributed by atoms with E-state index >= 15 is 0 Å². The number of nitrogens with one attached hydrogen (secondary N) is 1. The van der Waals surface area contributed by atoms with Crippen molar-refractivity contribution in [2.24, 2.45) is 0 Å². The maximum absolute atomic E-state index is 14.7. The molecule has 0 aliphatic rings. The van der Waals surface area contributed by atoms with Gasteiger partial charge in [0.05, 0.1) is 30.2 Å². The SMILES string of the molecule is CCCC=CCCOc1cccc(NC(=O)c2cc(C)c(COC)nc2N)c1F. The van der Waals surface area contributed by atoms with Crippen molar-refractivity contribution in [3.8, 4) is 5.75 Å². The molecule has 1 heterocycles. The van der Waals surface area contributed by atoms with Crippen LogP contribution in [0.15, 0.2) is 36.4 Å². The Morgan fingerprint density at radius 2 is 2.07 bits per heavy atom. The number of pyridine rings is 1. The number of anilines is 2. The number of benzene rings is 1. The molecule has 0 aliphatic heterocycles. The van der Waals surface area contributed by atoms with E-state index in [1.54, 1.807) is 19.2 Å². The molecule has 1 aromatic heterocycles. The Morgan fingerprint density at radius 3 is 2.79 bits per heavy atom. The minimum atomic E-state index is -0.627. The molecule has 29 heavy (non-hydrogen) atoms. The highest BCUT2D eigenvalue weighted by molar-refractivity contribution is 6.07. The van der Waals surface area contributed by atoms with Crippen LogP contribution in [-0.4, -0.2) is 24.6 Å². The van der Waals surface area contributed by atoms with E-state index in [0.717, 1.165) is 18.4 Å². The molecule has 0 radical (unpaired) electrons. The molecule has 0 saturated carbocycles. The lowest BCUT2D eigenvalue weighted by Crippen LogP contribution is -2.17. The fourth-order valence-corrected chi connectivity index (χ4v) is 2.68. The summed E-state index contributed by atoms with van der Waals surface area (Å²) in [4.78, 5) is 16.8. The van der Waals surface area contributed by atoms with E-state index in [9.17, 15) is 9.18 Å². The highest BCUT2D eigenvalue weighted by Gasteiger charge is 2.17. The van der Waals surface area contributed by atoms with Crippen LogP contribution in [0.25, 0.3) is 0 Å². The molecular weight excluding hydrogens is 373 g/mol. The molecule has 0 bridgehead atoms. The molecule has 7 heteroatoms. The van der Waals surface area contributed by atoms with Crippen molar-refractivity contribution in [2.75, 3.05) is 24.8 Å². The molecule has 3 N–H and O–H groups in total. The molecule has 2 rings (SSSR count). The van der Waals surface area contributed by atoms with Gasteiger partial charge >= 0.3 is 0 Å². The third-order valence-corrected chi connectivity index (χ3v) is 4.25. The predicted octanol–water partition coefficient (Wildman–Crippen LogP) is 4.64. The van der Waals surface area contributed by atoms with E-state index in [0.29, 0.717) is 25.3 Å². The van der Waals surface area contributed by atoms with E-state index in [1.165, 1.54) is 12.1 Å². The molecule has 2 aromatic rings. The van der Waals surface area contributed by atoms with Crippen molar-refractivity contribution in [1.82, 2.24) is 4.98 Å². The number of carbonyl (C=O) groups is 1. The number of methoxy groups -OCH3 is 1. The van der Waals surface area contributed by atoms with Crippen molar-refractivity contribution in [2.45, 2.75) is 39.7 Å². The molecule has 0 aliphatic carbocycles. The Bertz CT molecular complexity index is 869. The summed E-state index contributed by atoms with van der Waals surface area (Å²) in [5.41, 5.74) is 7.51. The second-order valence-corrected chi connectivity index (χ2v) is 6.59. The summed E-state index contributed by atoms with van der Waals surface area (Å²) in [6.45, 7) is 4.56. The first-order valence-corrected chi connectivity index (χ1v) is 9.60. The quantitative estimate of drug-likeness (QED) is 0.448. The summed E-state index contributed by atoms with van der Waals surface area (Å²) in [5, 5.41) is 2.55. The number of rotatable bonds is 10. The monoisotopic (exact) mass is 401 g/mol. The summed E-state index contributed by atoms with van der Waals surface area (Å²) >= 11 is 0. The number of nitrogens with zero attached hydrogens (tertiary/aromatic N) is 1. The lowest BCUT2D eigenvalue weighted by molar-refractivity contribution is 0.102. The van der Waals surface area contributed by atoms with Crippen molar-refractivity contribution < 1.29 is 18.7 Å². The zero-order valence-corrected chi connectivity index (χ0v) is 17.1. The van der Waals surface area contributed by atoms with Gasteiger partial charge in [0.1, 0.15) is 5.82 Å². The van der Waals surface area contributed by atoms with Gasteiger partial charge in [-0.1, -0.05) is 31.6 Å². The number of aromatic nitrogens is 1.